The number of nitrogens with two attached hydrogens (primary N) is 1. The maximum absolute atomic E-state index is 11.8. The first kappa shape index (κ1) is 10.9. The molecule has 0 atom stereocenters. The number of carbonyl (C=O) groups is 1. The number of halogens is 1. The Morgan fingerprint density at radius 3 is 2.42 bits per heavy atom. The summed E-state index contributed by atoms with van der Waals surface area (Å²) in [5.74, 6) is -0.613. The van der Waals surface area contributed by atoms with Crippen molar-refractivity contribution in [3.63, 3.8) is 0 Å². The molecule has 0 bridgehead atoms. The van der Waals surface area contributed by atoms with Crippen molar-refractivity contribution in [3.05, 3.63) is 11.8 Å². The number of allylic oxidation sites excluding steroid dienone is 1. The predicted octanol–water partition coefficient (Wildman–Crippen LogP) is 1.14. The first-order chi connectivity index (χ1) is 5.35. The molecule has 3 nitrogen and oxygen atoms in total. The van der Waals surface area contributed by atoms with Gasteiger partial charge in [0, 0.05) is 11.8 Å². The van der Waals surface area contributed by atoms with Crippen molar-refractivity contribution in [2.75, 3.05) is 6.67 Å². The molecule has 0 amide bonds. The summed E-state index contributed by atoms with van der Waals surface area (Å²) in [7, 11) is 0. The van der Waals surface area contributed by atoms with Gasteiger partial charge < -0.3 is 10.5 Å². The van der Waals surface area contributed by atoms with Gasteiger partial charge in [-0.1, -0.05) is 0 Å². The molecule has 0 aromatic carbocycles. The van der Waals surface area contributed by atoms with E-state index in [1.807, 2.05) is 0 Å². The molecular weight excluding hydrogens is 161 g/mol. The van der Waals surface area contributed by atoms with Gasteiger partial charge in [0.25, 0.3) is 0 Å². The van der Waals surface area contributed by atoms with Crippen molar-refractivity contribution in [3.8, 4) is 0 Å². The van der Waals surface area contributed by atoms with Gasteiger partial charge in [0.15, 0.2) is 0 Å². The number of alkyl halides is 1. The van der Waals surface area contributed by atoms with Gasteiger partial charge >= 0.3 is 5.97 Å². The van der Waals surface area contributed by atoms with Gasteiger partial charge in [-0.15, -0.1) is 0 Å². The first-order valence-electron chi connectivity index (χ1n) is 3.60. The maximum Gasteiger partial charge on any atom is 0.333 e. The SMILES string of the molecule is CC(C)(C)OC(=O)/C=C(\N)CF. The molecule has 0 aliphatic heterocycles. The Bertz CT molecular complexity index is 194. The number of hydrogen-bond donors (Lipinski definition) is 1. The second kappa shape index (κ2) is 4.09. The van der Waals surface area contributed by atoms with Crippen molar-refractivity contribution in [2.45, 2.75) is 26.4 Å². The maximum atomic E-state index is 11.8. The lowest BCUT2D eigenvalue weighted by molar-refractivity contribution is -0.148. The third-order valence-electron chi connectivity index (χ3n) is 0.864. The highest BCUT2D eigenvalue weighted by Gasteiger charge is 2.14. The fraction of sp³-hybridized carbons (Fsp3) is 0.625. The van der Waals surface area contributed by atoms with E-state index >= 15 is 0 Å². The van der Waals surface area contributed by atoms with Crippen LogP contribution in [0.4, 0.5) is 4.39 Å². The van der Waals surface area contributed by atoms with Crippen molar-refractivity contribution in [2.24, 2.45) is 5.73 Å². The second-order valence-corrected chi connectivity index (χ2v) is 3.39. The number of ether oxygens (including phenoxy) is 1. The first-order valence-corrected chi connectivity index (χ1v) is 3.60. The van der Waals surface area contributed by atoms with Crippen LogP contribution in [0.15, 0.2) is 11.8 Å². The molecule has 0 saturated carbocycles. The summed E-state index contributed by atoms with van der Waals surface area (Å²) in [6.07, 6.45) is 0.950. The Morgan fingerprint density at radius 1 is 1.58 bits per heavy atom. The van der Waals surface area contributed by atoms with Crippen LogP contribution in [0.3, 0.4) is 0 Å². The van der Waals surface area contributed by atoms with Crippen LogP contribution in [0.5, 0.6) is 0 Å². The largest absolute Gasteiger partial charge is 0.457 e. The third kappa shape index (κ3) is 5.70. The fourth-order valence-corrected chi connectivity index (χ4v) is 0.521. The van der Waals surface area contributed by atoms with Crippen molar-refractivity contribution < 1.29 is 13.9 Å². The molecule has 0 saturated heterocycles. The molecule has 12 heavy (non-hydrogen) atoms. The highest BCUT2D eigenvalue weighted by Crippen LogP contribution is 2.07. The van der Waals surface area contributed by atoms with Gasteiger partial charge in [-0.05, 0) is 20.8 Å². The Labute approximate surface area is 71.4 Å². The smallest absolute Gasteiger partial charge is 0.333 e. The predicted molar refractivity (Wildman–Crippen MR) is 44.1 cm³/mol. The fourth-order valence-electron chi connectivity index (χ4n) is 0.521. The number of rotatable bonds is 2. The second-order valence-electron chi connectivity index (χ2n) is 3.39. The van der Waals surface area contributed by atoms with Crippen molar-refractivity contribution >= 4 is 5.97 Å². The molecule has 0 aliphatic carbocycles. The van der Waals surface area contributed by atoms with E-state index in [0.29, 0.717) is 0 Å². The van der Waals surface area contributed by atoms with Crippen molar-refractivity contribution in [1.82, 2.24) is 0 Å². The van der Waals surface area contributed by atoms with E-state index < -0.39 is 18.2 Å². The van der Waals surface area contributed by atoms with E-state index in [1.54, 1.807) is 20.8 Å². The number of carbonyl (C=O) groups excluding carboxylic acids is 1. The van der Waals surface area contributed by atoms with Crippen LogP contribution in [-0.4, -0.2) is 18.2 Å². The summed E-state index contributed by atoms with van der Waals surface area (Å²) in [6.45, 7) is 4.35. The van der Waals surface area contributed by atoms with E-state index in [1.165, 1.54) is 0 Å². The van der Waals surface area contributed by atoms with E-state index in [2.05, 4.69) is 0 Å². The van der Waals surface area contributed by atoms with Gasteiger partial charge in [-0.2, -0.15) is 0 Å². The van der Waals surface area contributed by atoms with Crippen LogP contribution < -0.4 is 5.73 Å². The molecule has 0 aromatic heterocycles. The standard InChI is InChI=1S/C8H14FNO2/c1-8(2,3)12-7(11)4-6(10)5-9/h4H,5,10H2,1-3H3/b6-4-. The molecule has 0 aromatic rings. The zero-order valence-electron chi connectivity index (χ0n) is 7.56. The molecule has 4 heteroatoms. The van der Waals surface area contributed by atoms with Crippen LogP contribution in [0.2, 0.25) is 0 Å². The summed E-state index contributed by atoms with van der Waals surface area (Å²) < 4.78 is 16.6. The van der Waals surface area contributed by atoms with E-state index in [0.717, 1.165) is 6.08 Å². The molecule has 2 N–H and O–H groups in total. The summed E-state index contributed by atoms with van der Waals surface area (Å²) in [5.41, 5.74) is 4.39. The van der Waals surface area contributed by atoms with Gasteiger partial charge in [0.2, 0.25) is 0 Å². The minimum atomic E-state index is -0.834. The zero-order valence-corrected chi connectivity index (χ0v) is 7.56. The Morgan fingerprint density at radius 2 is 2.08 bits per heavy atom. The molecule has 0 rings (SSSR count). The normalized spacial score (nSPS) is 12.8. The van der Waals surface area contributed by atoms with E-state index in [-0.39, 0.29) is 5.70 Å². The average molecular weight is 175 g/mol. The van der Waals surface area contributed by atoms with Crippen LogP contribution >= 0.6 is 0 Å². The Hall–Kier alpha value is -1.06. The van der Waals surface area contributed by atoms with Gasteiger partial charge in [0.05, 0.1) is 0 Å². The Kier molecular flexibility index (Phi) is 3.73. The summed E-state index contributed by atoms with van der Waals surface area (Å²) >= 11 is 0. The highest BCUT2D eigenvalue weighted by molar-refractivity contribution is 5.83. The highest BCUT2D eigenvalue weighted by atomic mass is 19.1. The molecule has 0 aliphatic rings. The summed E-state index contributed by atoms with van der Waals surface area (Å²) in [5, 5.41) is 0. The molecule has 0 radical (unpaired) electrons. The van der Waals surface area contributed by atoms with Crippen LogP contribution in [-0.2, 0) is 9.53 Å². The third-order valence-corrected chi connectivity index (χ3v) is 0.864. The summed E-state index contributed by atoms with van der Waals surface area (Å²) in [6, 6.07) is 0. The van der Waals surface area contributed by atoms with E-state index in [4.69, 9.17) is 10.5 Å². The topological polar surface area (TPSA) is 52.3 Å². The number of esters is 1. The quantitative estimate of drug-likeness (QED) is 0.505. The monoisotopic (exact) mass is 175 g/mol. The molecule has 0 spiro atoms. The van der Waals surface area contributed by atoms with Gasteiger partial charge in [-0.3, -0.25) is 0 Å². The molecular formula is C8H14FNO2. The minimum absolute atomic E-state index is 0.121. The van der Waals surface area contributed by atoms with Crippen LogP contribution in [0.1, 0.15) is 20.8 Å². The lowest BCUT2D eigenvalue weighted by Gasteiger charge is -2.18. The summed E-state index contributed by atoms with van der Waals surface area (Å²) in [4.78, 5) is 10.9. The van der Waals surface area contributed by atoms with E-state index in [9.17, 15) is 9.18 Å². The molecule has 70 valence electrons. The lowest BCUT2D eigenvalue weighted by atomic mass is 10.2. The molecule has 0 heterocycles. The van der Waals surface area contributed by atoms with Crippen LogP contribution in [0, 0.1) is 0 Å². The number of hydrogen-bond acceptors (Lipinski definition) is 3. The van der Waals surface area contributed by atoms with Gasteiger partial charge in [-0.25, -0.2) is 9.18 Å². The van der Waals surface area contributed by atoms with Crippen molar-refractivity contribution in [1.29, 1.82) is 0 Å². The minimum Gasteiger partial charge on any atom is -0.457 e. The Balaban J connectivity index is 4.08. The lowest BCUT2D eigenvalue weighted by Crippen LogP contribution is -2.23. The average Bonchev–Trinajstić information content (AvgIpc) is 1.82. The zero-order chi connectivity index (χ0) is 9.78. The van der Waals surface area contributed by atoms with Gasteiger partial charge in [0.1, 0.15) is 12.3 Å². The van der Waals surface area contributed by atoms with Crippen LogP contribution in [0.25, 0.3) is 0 Å². The molecule has 0 fully saturated rings. The molecule has 0 unspecified atom stereocenters.